The van der Waals surface area contributed by atoms with Gasteiger partial charge in [0.05, 0.1) is 13.7 Å². The molecule has 25 heavy (non-hydrogen) atoms. The predicted octanol–water partition coefficient (Wildman–Crippen LogP) is 3.05. The van der Waals surface area contributed by atoms with Crippen molar-refractivity contribution in [3.63, 3.8) is 0 Å². The third kappa shape index (κ3) is 4.29. The number of pyridine rings is 1. The van der Waals surface area contributed by atoms with Crippen LogP contribution in [0.1, 0.15) is 30.4 Å². The molecule has 0 spiro atoms. The van der Waals surface area contributed by atoms with E-state index in [9.17, 15) is 0 Å². The maximum atomic E-state index is 5.32. The highest BCUT2D eigenvalue weighted by atomic mass is 16.5. The van der Waals surface area contributed by atoms with E-state index in [1.165, 1.54) is 5.56 Å². The molecule has 1 aliphatic rings. The lowest BCUT2D eigenvalue weighted by atomic mass is 9.99. The molecule has 0 amide bonds. The second-order valence-electron chi connectivity index (χ2n) is 6.18. The Morgan fingerprint density at radius 1 is 1.28 bits per heavy atom. The summed E-state index contributed by atoms with van der Waals surface area (Å²) in [5.41, 5.74) is 2.41. The summed E-state index contributed by atoms with van der Waals surface area (Å²) in [5.74, 6) is 2.18. The normalized spacial score (nSPS) is 17.6. The van der Waals surface area contributed by atoms with Gasteiger partial charge in [0.15, 0.2) is 5.96 Å². The van der Waals surface area contributed by atoms with Crippen LogP contribution in [0.5, 0.6) is 5.88 Å². The van der Waals surface area contributed by atoms with E-state index in [1.807, 2.05) is 12.1 Å². The van der Waals surface area contributed by atoms with E-state index < -0.39 is 0 Å². The van der Waals surface area contributed by atoms with Crippen molar-refractivity contribution in [1.29, 1.82) is 0 Å². The summed E-state index contributed by atoms with van der Waals surface area (Å²) >= 11 is 0. The van der Waals surface area contributed by atoms with E-state index in [0.29, 0.717) is 18.3 Å². The molecule has 5 nitrogen and oxygen atoms in total. The van der Waals surface area contributed by atoms with E-state index in [1.54, 1.807) is 13.3 Å². The van der Waals surface area contributed by atoms with Crippen LogP contribution in [0, 0.1) is 0 Å². The summed E-state index contributed by atoms with van der Waals surface area (Å²) in [5, 5.41) is 3.42. The third-order valence-electron chi connectivity index (χ3n) is 4.54. The molecule has 3 rings (SSSR count). The zero-order chi connectivity index (χ0) is 17.5. The number of nitrogens with zero attached hydrogens (tertiary/aromatic N) is 3. The number of ether oxygens (including phenoxy) is 1. The lowest BCUT2D eigenvalue weighted by molar-refractivity contribution is 0.392. The van der Waals surface area contributed by atoms with Crippen LogP contribution in [-0.4, -0.2) is 42.6 Å². The quantitative estimate of drug-likeness (QED) is 0.672. The zero-order valence-corrected chi connectivity index (χ0v) is 15.0. The lowest BCUT2D eigenvalue weighted by Gasteiger charge is -2.22. The summed E-state index contributed by atoms with van der Waals surface area (Å²) in [6, 6.07) is 14.7. The van der Waals surface area contributed by atoms with E-state index in [2.05, 4.69) is 52.5 Å². The Labute approximate surface area is 149 Å². The standard InChI is InChI=1S/C20H26N4O/c1-3-21-20(23-14-17-10-7-12-22-19(17)25-2)24-13-11-18(15-24)16-8-5-4-6-9-16/h4-10,12,18H,3,11,13-15H2,1-2H3,(H,21,23). The molecule has 0 bridgehead atoms. The van der Waals surface area contributed by atoms with Crippen molar-refractivity contribution in [3.8, 4) is 5.88 Å². The number of hydrogen-bond donors (Lipinski definition) is 1. The van der Waals surface area contributed by atoms with Crippen LogP contribution in [-0.2, 0) is 6.54 Å². The largest absolute Gasteiger partial charge is 0.481 e. The molecule has 5 heteroatoms. The van der Waals surface area contributed by atoms with Crippen molar-refractivity contribution in [2.24, 2.45) is 4.99 Å². The smallest absolute Gasteiger partial charge is 0.218 e. The fraction of sp³-hybridized carbons (Fsp3) is 0.400. The second-order valence-corrected chi connectivity index (χ2v) is 6.18. The molecule has 1 saturated heterocycles. The fourth-order valence-electron chi connectivity index (χ4n) is 3.26. The van der Waals surface area contributed by atoms with Gasteiger partial charge in [-0.2, -0.15) is 0 Å². The minimum absolute atomic E-state index is 0.561. The number of nitrogens with one attached hydrogen (secondary N) is 1. The van der Waals surface area contributed by atoms with Crippen LogP contribution in [0.15, 0.2) is 53.7 Å². The Bertz CT molecular complexity index is 702. The van der Waals surface area contributed by atoms with Gasteiger partial charge in [-0.3, -0.25) is 0 Å². The summed E-state index contributed by atoms with van der Waals surface area (Å²) in [6.45, 7) is 5.54. The molecule has 1 aliphatic heterocycles. The van der Waals surface area contributed by atoms with Crippen LogP contribution < -0.4 is 10.1 Å². The van der Waals surface area contributed by atoms with Crippen LogP contribution >= 0.6 is 0 Å². The van der Waals surface area contributed by atoms with Gasteiger partial charge in [-0.15, -0.1) is 0 Å². The third-order valence-corrected chi connectivity index (χ3v) is 4.54. The van der Waals surface area contributed by atoms with E-state index in [4.69, 9.17) is 9.73 Å². The molecular formula is C20H26N4O. The number of methoxy groups -OCH3 is 1. The molecule has 2 aromatic rings. The Hall–Kier alpha value is -2.56. The Balaban J connectivity index is 1.71. The average Bonchev–Trinajstić information content (AvgIpc) is 3.16. The topological polar surface area (TPSA) is 49.8 Å². The predicted molar refractivity (Wildman–Crippen MR) is 101 cm³/mol. The second kappa shape index (κ2) is 8.51. The maximum absolute atomic E-state index is 5.32. The monoisotopic (exact) mass is 338 g/mol. The van der Waals surface area contributed by atoms with Gasteiger partial charge >= 0.3 is 0 Å². The molecular weight excluding hydrogens is 312 g/mol. The van der Waals surface area contributed by atoms with Crippen molar-refractivity contribution < 1.29 is 4.74 Å². The van der Waals surface area contributed by atoms with E-state index >= 15 is 0 Å². The van der Waals surface area contributed by atoms with Gasteiger partial charge < -0.3 is 15.0 Å². The zero-order valence-electron chi connectivity index (χ0n) is 15.0. The molecule has 1 atom stereocenters. The maximum Gasteiger partial charge on any atom is 0.218 e. The Kier molecular flexibility index (Phi) is 5.88. The SMILES string of the molecule is CCNC(=NCc1cccnc1OC)N1CCC(c2ccccc2)C1. The summed E-state index contributed by atoms with van der Waals surface area (Å²) in [4.78, 5) is 11.4. The van der Waals surface area contributed by atoms with Crippen molar-refractivity contribution >= 4 is 5.96 Å². The van der Waals surface area contributed by atoms with Gasteiger partial charge in [0.2, 0.25) is 5.88 Å². The summed E-state index contributed by atoms with van der Waals surface area (Å²) < 4.78 is 5.32. The van der Waals surface area contributed by atoms with E-state index in [0.717, 1.165) is 37.6 Å². The number of likely N-dealkylation sites (tertiary alicyclic amines) is 1. The number of guanidine groups is 1. The minimum Gasteiger partial charge on any atom is -0.481 e. The molecule has 2 heterocycles. The molecule has 1 fully saturated rings. The molecule has 1 aromatic heterocycles. The van der Waals surface area contributed by atoms with Gasteiger partial charge in [0.25, 0.3) is 0 Å². The highest BCUT2D eigenvalue weighted by Gasteiger charge is 2.25. The lowest BCUT2D eigenvalue weighted by Crippen LogP contribution is -2.40. The van der Waals surface area contributed by atoms with Gasteiger partial charge in [-0.05, 0) is 25.0 Å². The first kappa shape index (κ1) is 17.3. The van der Waals surface area contributed by atoms with Crippen LogP contribution in [0.25, 0.3) is 0 Å². The molecule has 1 unspecified atom stereocenters. The van der Waals surface area contributed by atoms with Crippen LogP contribution in [0.4, 0.5) is 0 Å². The summed E-state index contributed by atoms with van der Waals surface area (Å²) in [7, 11) is 1.64. The fourth-order valence-corrected chi connectivity index (χ4v) is 3.26. The summed E-state index contributed by atoms with van der Waals surface area (Å²) in [6.07, 6.45) is 2.90. The number of benzene rings is 1. The first-order valence-electron chi connectivity index (χ1n) is 8.88. The van der Waals surface area contributed by atoms with Gasteiger partial charge in [0, 0.05) is 37.3 Å². The highest BCUT2D eigenvalue weighted by molar-refractivity contribution is 5.80. The molecule has 0 saturated carbocycles. The minimum atomic E-state index is 0.561. The first-order chi connectivity index (χ1) is 12.3. The van der Waals surface area contributed by atoms with Crippen LogP contribution in [0.3, 0.4) is 0 Å². The molecule has 0 radical (unpaired) electrons. The number of aliphatic imine (C=N–C) groups is 1. The van der Waals surface area contributed by atoms with Gasteiger partial charge in [0.1, 0.15) is 0 Å². The van der Waals surface area contributed by atoms with Crippen molar-refractivity contribution in [1.82, 2.24) is 15.2 Å². The highest BCUT2D eigenvalue weighted by Crippen LogP contribution is 2.27. The number of rotatable bonds is 5. The molecule has 132 valence electrons. The molecule has 1 N–H and O–H groups in total. The van der Waals surface area contributed by atoms with E-state index in [-0.39, 0.29) is 0 Å². The van der Waals surface area contributed by atoms with Crippen molar-refractivity contribution in [3.05, 3.63) is 59.8 Å². The molecule has 1 aromatic carbocycles. The van der Waals surface area contributed by atoms with Crippen molar-refractivity contribution in [2.45, 2.75) is 25.8 Å². The van der Waals surface area contributed by atoms with Crippen molar-refractivity contribution in [2.75, 3.05) is 26.7 Å². The Morgan fingerprint density at radius 2 is 2.12 bits per heavy atom. The number of hydrogen-bond acceptors (Lipinski definition) is 3. The Morgan fingerprint density at radius 3 is 2.88 bits per heavy atom. The average molecular weight is 338 g/mol. The van der Waals surface area contributed by atoms with Gasteiger partial charge in [-0.1, -0.05) is 36.4 Å². The molecule has 0 aliphatic carbocycles. The van der Waals surface area contributed by atoms with Gasteiger partial charge in [-0.25, -0.2) is 9.98 Å². The first-order valence-corrected chi connectivity index (χ1v) is 8.88. The van der Waals surface area contributed by atoms with Crippen LogP contribution in [0.2, 0.25) is 0 Å². The number of aromatic nitrogens is 1.